The van der Waals surface area contributed by atoms with E-state index in [1.807, 2.05) is 13.0 Å². The second-order valence-corrected chi connectivity index (χ2v) is 3.10. The lowest BCUT2D eigenvalue weighted by molar-refractivity contribution is 0.264. The number of likely N-dealkylation sites (N-methyl/N-ethyl adjacent to an activating group) is 1. The van der Waals surface area contributed by atoms with Crippen LogP contribution in [0.2, 0.25) is 0 Å². The molecule has 3 nitrogen and oxygen atoms in total. The van der Waals surface area contributed by atoms with Crippen molar-refractivity contribution >= 4 is 0 Å². The molecule has 0 saturated carbocycles. The summed E-state index contributed by atoms with van der Waals surface area (Å²) in [6.45, 7) is 2.32. The Bertz CT molecular complexity index is 370. The second-order valence-electron chi connectivity index (χ2n) is 3.10. The van der Waals surface area contributed by atoms with Crippen molar-refractivity contribution in [2.24, 2.45) is 0 Å². The van der Waals surface area contributed by atoms with Gasteiger partial charge in [-0.2, -0.15) is 5.26 Å². The zero-order valence-corrected chi connectivity index (χ0v) is 8.84. The van der Waals surface area contributed by atoms with Crippen molar-refractivity contribution in [2.75, 3.05) is 13.2 Å². The molecule has 0 saturated heterocycles. The summed E-state index contributed by atoms with van der Waals surface area (Å²) in [5.41, 5.74) is 0. The van der Waals surface area contributed by atoms with Gasteiger partial charge in [0.15, 0.2) is 17.4 Å². The van der Waals surface area contributed by atoms with Crippen LogP contribution in [-0.2, 0) is 0 Å². The average molecular weight is 226 g/mol. The third-order valence-corrected chi connectivity index (χ3v) is 1.92. The molecule has 1 N–H and O–H groups in total. The number of hydrogen-bond donors (Lipinski definition) is 1. The molecule has 1 atom stereocenters. The summed E-state index contributed by atoms with van der Waals surface area (Å²) in [6.07, 6.45) is 0. The quantitative estimate of drug-likeness (QED) is 0.833. The molecular weight excluding hydrogens is 214 g/mol. The molecule has 0 spiro atoms. The fraction of sp³-hybridized carbons (Fsp3) is 0.364. The fourth-order valence-electron chi connectivity index (χ4n) is 1.18. The van der Waals surface area contributed by atoms with E-state index in [1.54, 1.807) is 0 Å². The van der Waals surface area contributed by atoms with E-state index in [1.165, 1.54) is 6.07 Å². The fourth-order valence-corrected chi connectivity index (χ4v) is 1.18. The summed E-state index contributed by atoms with van der Waals surface area (Å²) >= 11 is 0. The molecule has 0 bridgehead atoms. The molecule has 86 valence electrons. The van der Waals surface area contributed by atoms with Crippen LogP contribution in [-0.4, -0.2) is 19.2 Å². The van der Waals surface area contributed by atoms with Crippen LogP contribution in [0.5, 0.6) is 5.75 Å². The summed E-state index contributed by atoms with van der Waals surface area (Å²) in [4.78, 5) is 0. The Morgan fingerprint density at radius 2 is 2.06 bits per heavy atom. The Balaban J connectivity index is 2.64. The van der Waals surface area contributed by atoms with E-state index in [-0.39, 0.29) is 6.61 Å². The second kappa shape index (κ2) is 6.03. The van der Waals surface area contributed by atoms with Gasteiger partial charge in [0.25, 0.3) is 0 Å². The largest absolute Gasteiger partial charge is 0.485 e. The normalized spacial score (nSPS) is 11.9. The van der Waals surface area contributed by atoms with Crippen LogP contribution in [0.4, 0.5) is 8.78 Å². The molecule has 1 aromatic rings. The summed E-state index contributed by atoms with van der Waals surface area (Å²) in [5.74, 6) is -1.98. The number of benzene rings is 1. The first kappa shape index (κ1) is 12.4. The van der Waals surface area contributed by atoms with Crippen molar-refractivity contribution in [1.82, 2.24) is 5.32 Å². The first-order chi connectivity index (χ1) is 7.69. The zero-order chi connectivity index (χ0) is 12.0. The predicted octanol–water partition coefficient (Wildman–Crippen LogP) is 1.85. The Morgan fingerprint density at radius 3 is 2.56 bits per heavy atom. The number of nitrogens with zero attached hydrogens (tertiary/aromatic N) is 1. The molecular formula is C11H12F2N2O. The highest BCUT2D eigenvalue weighted by molar-refractivity contribution is 5.26. The maximum Gasteiger partial charge on any atom is 0.190 e. The maximum absolute atomic E-state index is 13.1. The van der Waals surface area contributed by atoms with Crippen LogP contribution >= 0.6 is 0 Å². The topological polar surface area (TPSA) is 45.0 Å². The monoisotopic (exact) mass is 226 g/mol. The zero-order valence-electron chi connectivity index (χ0n) is 8.84. The van der Waals surface area contributed by atoms with Gasteiger partial charge in [0.1, 0.15) is 12.6 Å². The lowest BCUT2D eigenvalue weighted by atomic mass is 10.3. The molecule has 0 heterocycles. The van der Waals surface area contributed by atoms with Crippen LogP contribution in [0, 0.1) is 23.0 Å². The van der Waals surface area contributed by atoms with Crippen molar-refractivity contribution in [3.05, 3.63) is 29.8 Å². The highest BCUT2D eigenvalue weighted by Gasteiger charge is 2.12. The van der Waals surface area contributed by atoms with Crippen LogP contribution in [0.25, 0.3) is 0 Å². The van der Waals surface area contributed by atoms with Crippen molar-refractivity contribution in [1.29, 1.82) is 5.26 Å². The van der Waals surface area contributed by atoms with Gasteiger partial charge in [-0.05, 0) is 18.7 Å². The Morgan fingerprint density at radius 1 is 1.44 bits per heavy atom. The number of halogens is 2. The van der Waals surface area contributed by atoms with Gasteiger partial charge in [0, 0.05) is 0 Å². The Kier molecular flexibility index (Phi) is 4.67. The smallest absolute Gasteiger partial charge is 0.190 e. The summed E-state index contributed by atoms with van der Waals surface area (Å²) in [7, 11) is 0. The summed E-state index contributed by atoms with van der Waals surface area (Å²) < 4.78 is 31.2. The SMILES string of the molecule is CCNC(C#N)COc1c(F)cccc1F. The number of nitrogens with one attached hydrogen (secondary N) is 1. The van der Waals surface area contributed by atoms with Crippen LogP contribution in [0.15, 0.2) is 18.2 Å². The number of nitriles is 1. The van der Waals surface area contributed by atoms with Gasteiger partial charge in [-0.1, -0.05) is 13.0 Å². The van der Waals surface area contributed by atoms with E-state index in [0.29, 0.717) is 6.54 Å². The molecule has 0 radical (unpaired) electrons. The summed E-state index contributed by atoms with van der Waals surface area (Å²) in [5, 5.41) is 11.5. The molecule has 0 amide bonds. The lowest BCUT2D eigenvalue weighted by Crippen LogP contribution is -2.33. The minimum atomic E-state index is -0.770. The molecule has 0 aliphatic carbocycles. The van der Waals surface area contributed by atoms with E-state index in [0.717, 1.165) is 12.1 Å². The minimum Gasteiger partial charge on any atom is -0.485 e. The third kappa shape index (κ3) is 3.17. The Labute approximate surface area is 92.6 Å². The molecule has 16 heavy (non-hydrogen) atoms. The van der Waals surface area contributed by atoms with E-state index in [2.05, 4.69) is 5.32 Å². The molecule has 1 rings (SSSR count). The van der Waals surface area contributed by atoms with Gasteiger partial charge in [-0.25, -0.2) is 8.78 Å². The van der Waals surface area contributed by atoms with Crippen LogP contribution in [0.1, 0.15) is 6.92 Å². The van der Waals surface area contributed by atoms with Crippen molar-refractivity contribution in [2.45, 2.75) is 13.0 Å². The molecule has 1 unspecified atom stereocenters. The van der Waals surface area contributed by atoms with Crippen LogP contribution in [0.3, 0.4) is 0 Å². The average Bonchev–Trinajstić information content (AvgIpc) is 2.27. The maximum atomic E-state index is 13.1. The van der Waals surface area contributed by atoms with Gasteiger partial charge in [0.05, 0.1) is 6.07 Å². The molecule has 0 fully saturated rings. The van der Waals surface area contributed by atoms with Gasteiger partial charge in [0.2, 0.25) is 0 Å². The molecule has 1 aromatic carbocycles. The number of rotatable bonds is 5. The van der Waals surface area contributed by atoms with Crippen molar-refractivity contribution < 1.29 is 13.5 Å². The van der Waals surface area contributed by atoms with E-state index in [9.17, 15) is 8.78 Å². The van der Waals surface area contributed by atoms with E-state index in [4.69, 9.17) is 10.00 Å². The lowest BCUT2D eigenvalue weighted by Gasteiger charge is -2.12. The van der Waals surface area contributed by atoms with Gasteiger partial charge < -0.3 is 4.74 Å². The van der Waals surface area contributed by atoms with Crippen LogP contribution < -0.4 is 10.1 Å². The first-order valence-electron chi connectivity index (χ1n) is 4.88. The van der Waals surface area contributed by atoms with E-state index >= 15 is 0 Å². The van der Waals surface area contributed by atoms with E-state index < -0.39 is 23.4 Å². The first-order valence-corrected chi connectivity index (χ1v) is 4.88. The predicted molar refractivity (Wildman–Crippen MR) is 54.9 cm³/mol. The number of ether oxygens (including phenoxy) is 1. The highest BCUT2D eigenvalue weighted by atomic mass is 19.1. The van der Waals surface area contributed by atoms with Gasteiger partial charge in [-0.15, -0.1) is 0 Å². The van der Waals surface area contributed by atoms with Gasteiger partial charge >= 0.3 is 0 Å². The number of para-hydroxylation sites is 1. The molecule has 0 aromatic heterocycles. The minimum absolute atomic E-state index is 0.0950. The molecule has 0 aliphatic heterocycles. The standard InChI is InChI=1S/C11H12F2N2O/c1-2-15-8(6-14)7-16-11-9(12)4-3-5-10(11)13/h3-5,8,15H,2,7H2,1H3. The molecule has 5 heteroatoms. The molecule has 0 aliphatic rings. The summed E-state index contributed by atoms with van der Waals surface area (Å²) in [6, 6.07) is 4.81. The third-order valence-electron chi connectivity index (χ3n) is 1.92. The van der Waals surface area contributed by atoms with Crippen molar-refractivity contribution in [3.63, 3.8) is 0 Å². The highest BCUT2D eigenvalue weighted by Crippen LogP contribution is 2.20. The van der Waals surface area contributed by atoms with Crippen molar-refractivity contribution in [3.8, 4) is 11.8 Å². The van der Waals surface area contributed by atoms with Gasteiger partial charge in [-0.3, -0.25) is 5.32 Å². The number of hydrogen-bond acceptors (Lipinski definition) is 3. The Hall–Kier alpha value is -1.67.